The lowest BCUT2D eigenvalue weighted by Crippen LogP contribution is -2.37. The summed E-state index contributed by atoms with van der Waals surface area (Å²) in [5.74, 6) is -0.306. The highest BCUT2D eigenvalue weighted by molar-refractivity contribution is 6.35. The summed E-state index contributed by atoms with van der Waals surface area (Å²) < 4.78 is 0. The minimum atomic E-state index is -0.691. The second-order valence-corrected chi connectivity index (χ2v) is 6.13. The number of aromatic amines is 1. The summed E-state index contributed by atoms with van der Waals surface area (Å²) in [6.45, 7) is 0. The summed E-state index contributed by atoms with van der Waals surface area (Å²) in [6.07, 6.45) is 2.30. The number of rotatable bonds is 4. The largest absolute Gasteiger partial charge is 0.361 e. The third-order valence-electron chi connectivity index (χ3n) is 3.64. The Kier molecular flexibility index (Phi) is 4.57. The first-order valence-electron chi connectivity index (χ1n) is 7.11. The molecule has 1 atom stereocenters. The molecule has 23 heavy (non-hydrogen) atoms. The molecule has 0 unspecified atom stereocenters. The average molecular weight is 348 g/mol. The molecule has 0 fully saturated rings. The topological polar surface area (TPSA) is 70.9 Å². The normalized spacial score (nSPS) is 12.3. The molecule has 118 valence electrons. The molecule has 0 saturated heterocycles. The number of nitrogens with two attached hydrogens (primary N) is 1. The lowest BCUT2D eigenvalue weighted by atomic mass is 10.0. The summed E-state index contributed by atoms with van der Waals surface area (Å²) in [4.78, 5) is 15.5. The highest BCUT2D eigenvalue weighted by Gasteiger charge is 2.17. The van der Waals surface area contributed by atoms with Gasteiger partial charge in [0.2, 0.25) is 5.91 Å². The Hall–Kier alpha value is -2.01. The number of carbonyl (C=O) groups excluding carboxylic acids is 1. The Morgan fingerprint density at radius 2 is 2.00 bits per heavy atom. The molecule has 0 aliphatic rings. The first kappa shape index (κ1) is 15.9. The van der Waals surface area contributed by atoms with Gasteiger partial charge in [-0.3, -0.25) is 4.79 Å². The predicted molar refractivity (Wildman–Crippen MR) is 95.1 cm³/mol. The van der Waals surface area contributed by atoms with Crippen molar-refractivity contribution in [3.63, 3.8) is 0 Å². The van der Waals surface area contributed by atoms with Crippen LogP contribution in [-0.4, -0.2) is 16.9 Å². The van der Waals surface area contributed by atoms with Gasteiger partial charge in [0.1, 0.15) is 0 Å². The van der Waals surface area contributed by atoms with E-state index in [4.69, 9.17) is 28.9 Å². The molecule has 0 bridgehead atoms. The van der Waals surface area contributed by atoms with Crippen molar-refractivity contribution < 1.29 is 4.79 Å². The fourth-order valence-electron chi connectivity index (χ4n) is 2.45. The SMILES string of the molecule is N[C@@H](Cc1c[nH]c2ccccc12)C(=O)Nc1cc(Cl)ccc1Cl. The molecule has 0 saturated carbocycles. The van der Waals surface area contributed by atoms with Crippen molar-refractivity contribution in [3.05, 3.63) is 64.3 Å². The Morgan fingerprint density at radius 1 is 1.22 bits per heavy atom. The van der Waals surface area contributed by atoms with Crippen LogP contribution in [-0.2, 0) is 11.2 Å². The molecular weight excluding hydrogens is 333 g/mol. The molecule has 4 nitrogen and oxygen atoms in total. The van der Waals surface area contributed by atoms with Crippen molar-refractivity contribution in [2.45, 2.75) is 12.5 Å². The Morgan fingerprint density at radius 3 is 2.83 bits per heavy atom. The smallest absolute Gasteiger partial charge is 0.241 e. The summed E-state index contributed by atoms with van der Waals surface area (Å²) >= 11 is 12.0. The van der Waals surface area contributed by atoms with Crippen LogP contribution < -0.4 is 11.1 Å². The molecule has 1 amide bonds. The minimum absolute atomic E-state index is 0.306. The van der Waals surface area contributed by atoms with E-state index in [-0.39, 0.29) is 5.91 Å². The molecule has 0 aliphatic carbocycles. The molecule has 0 radical (unpaired) electrons. The molecule has 6 heteroatoms. The molecule has 0 aliphatic heterocycles. The standard InChI is InChI=1S/C17H15Cl2N3O/c18-11-5-6-13(19)16(8-11)22-17(23)14(20)7-10-9-21-15-4-2-1-3-12(10)15/h1-6,8-9,14,21H,7,20H2,(H,22,23)/t14-/m0/s1. The van der Waals surface area contributed by atoms with Crippen LogP contribution in [0.25, 0.3) is 10.9 Å². The lowest BCUT2D eigenvalue weighted by molar-refractivity contribution is -0.117. The summed E-state index contributed by atoms with van der Waals surface area (Å²) in [5.41, 5.74) is 8.51. The average Bonchev–Trinajstić information content (AvgIpc) is 2.94. The second-order valence-electron chi connectivity index (χ2n) is 5.28. The highest BCUT2D eigenvalue weighted by Crippen LogP contribution is 2.26. The van der Waals surface area contributed by atoms with Crippen molar-refractivity contribution in [2.75, 3.05) is 5.32 Å². The number of hydrogen-bond donors (Lipinski definition) is 3. The Labute approximate surface area is 143 Å². The molecule has 1 aromatic heterocycles. The van der Waals surface area contributed by atoms with E-state index in [0.29, 0.717) is 22.2 Å². The molecule has 3 aromatic rings. The number of para-hydroxylation sites is 1. The van der Waals surface area contributed by atoms with Crippen LogP contribution in [0.3, 0.4) is 0 Å². The number of amides is 1. The zero-order chi connectivity index (χ0) is 16.4. The van der Waals surface area contributed by atoms with Gasteiger partial charge in [-0.25, -0.2) is 0 Å². The van der Waals surface area contributed by atoms with Crippen molar-refractivity contribution in [2.24, 2.45) is 5.73 Å². The van der Waals surface area contributed by atoms with Gasteiger partial charge in [0.25, 0.3) is 0 Å². The lowest BCUT2D eigenvalue weighted by Gasteiger charge is -2.13. The first-order chi connectivity index (χ1) is 11.0. The molecule has 3 rings (SSSR count). The Balaban J connectivity index is 1.74. The van der Waals surface area contributed by atoms with Crippen LogP contribution in [0.2, 0.25) is 10.0 Å². The number of fused-ring (bicyclic) bond motifs is 1. The van der Waals surface area contributed by atoms with Crippen LogP contribution in [0, 0.1) is 0 Å². The van der Waals surface area contributed by atoms with Gasteiger partial charge in [0.05, 0.1) is 16.8 Å². The first-order valence-corrected chi connectivity index (χ1v) is 7.86. The van der Waals surface area contributed by atoms with Crippen molar-refractivity contribution in [1.82, 2.24) is 4.98 Å². The van der Waals surface area contributed by atoms with E-state index in [1.807, 2.05) is 30.5 Å². The van der Waals surface area contributed by atoms with E-state index >= 15 is 0 Å². The monoisotopic (exact) mass is 347 g/mol. The minimum Gasteiger partial charge on any atom is -0.361 e. The number of halogens is 2. The third-order valence-corrected chi connectivity index (χ3v) is 4.20. The number of aromatic nitrogens is 1. The third kappa shape index (κ3) is 3.50. The zero-order valence-electron chi connectivity index (χ0n) is 12.1. The van der Waals surface area contributed by atoms with Gasteiger partial charge in [0.15, 0.2) is 0 Å². The molecule has 1 heterocycles. The van der Waals surface area contributed by atoms with Gasteiger partial charge >= 0.3 is 0 Å². The number of nitrogens with one attached hydrogen (secondary N) is 2. The number of hydrogen-bond acceptors (Lipinski definition) is 2. The van der Waals surface area contributed by atoms with Gasteiger partial charge in [-0.1, -0.05) is 41.4 Å². The number of anilines is 1. The van der Waals surface area contributed by atoms with Crippen LogP contribution in [0.5, 0.6) is 0 Å². The maximum absolute atomic E-state index is 12.3. The van der Waals surface area contributed by atoms with Gasteiger partial charge < -0.3 is 16.0 Å². The number of H-pyrrole nitrogens is 1. The molecular formula is C17H15Cl2N3O. The van der Waals surface area contributed by atoms with Crippen molar-refractivity contribution >= 4 is 45.7 Å². The highest BCUT2D eigenvalue weighted by atomic mass is 35.5. The summed E-state index contributed by atoms with van der Waals surface area (Å²) in [7, 11) is 0. The fourth-order valence-corrected chi connectivity index (χ4v) is 2.79. The summed E-state index contributed by atoms with van der Waals surface area (Å²) in [5, 5.41) is 4.70. The van der Waals surface area contributed by atoms with E-state index in [0.717, 1.165) is 16.5 Å². The summed E-state index contributed by atoms with van der Waals surface area (Å²) in [6, 6.07) is 12.1. The van der Waals surface area contributed by atoms with E-state index < -0.39 is 6.04 Å². The quantitative estimate of drug-likeness (QED) is 0.667. The molecule has 2 aromatic carbocycles. The van der Waals surface area contributed by atoms with E-state index in [1.54, 1.807) is 18.2 Å². The van der Waals surface area contributed by atoms with E-state index in [9.17, 15) is 4.79 Å². The fraction of sp³-hybridized carbons (Fsp3) is 0.118. The van der Waals surface area contributed by atoms with Crippen molar-refractivity contribution in [3.8, 4) is 0 Å². The van der Waals surface area contributed by atoms with Crippen molar-refractivity contribution in [1.29, 1.82) is 0 Å². The molecule has 4 N–H and O–H groups in total. The predicted octanol–water partition coefficient (Wildman–Crippen LogP) is 3.98. The number of carbonyl (C=O) groups is 1. The van der Waals surface area contributed by atoms with E-state index in [1.165, 1.54) is 0 Å². The van der Waals surface area contributed by atoms with E-state index in [2.05, 4.69) is 10.3 Å². The van der Waals surface area contributed by atoms with Gasteiger partial charge in [-0.2, -0.15) is 0 Å². The second kappa shape index (κ2) is 6.62. The van der Waals surface area contributed by atoms with Gasteiger partial charge in [0, 0.05) is 22.1 Å². The zero-order valence-corrected chi connectivity index (χ0v) is 13.7. The van der Waals surface area contributed by atoms with Crippen LogP contribution in [0.1, 0.15) is 5.56 Å². The van der Waals surface area contributed by atoms with Gasteiger partial charge in [-0.05, 0) is 36.2 Å². The maximum Gasteiger partial charge on any atom is 0.241 e. The van der Waals surface area contributed by atoms with Crippen LogP contribution in [0.15, 0.2) is 48.7 Å². The maximum atomic E-state index is 12.3. The van der Waals surface area contributed by atoms with Crippen LogP contribution in [0.4, 0.5) is 5.69 Å². The van der Waals surface area contributed by atoms with Crippen LogP contribution >= 0.6 is 23.2 Å². The Bertz CT molecular complexity index is 860. The molecule has 0 spiro atoms. The number of benzene rings is 2. The van der Waals surface area contributed by atoms with Gasteiger partial charge in [-0.15, -0.1) is 0 Å².